The van der Waals surface area contributed by atoms with Crippen molar-refractivity contribution in [3.63, 3.8) is 0 Å². The smallest absolute Gasteiger partial charge is 0.269 e. The molecule has 0 saturated carbocycles. The summed E-state index contributed by atoms with van der Waals surface area (Å²) in [5.41, 5.74) is 4.48. The molecule has 0 bridgehead atoms. The molecule has 1 amide bonds. The van der Waals surface area contributed by atoms with Gasteiger partial charge in [-0.25, -0.2) is 0 Å². The molecule has 2 aliphatic rings. The summed E-state index contributed by atoms with van der Waals surface area (Å²) in [6, 6.07) is 22.2. The van der Waals surface area contributed by atoms with E-state index in [0.29, 0.717) is 17.0 Å². The van der Waals surface area contributed by atoms with E-state index in [2.05, 4.69) is 22.3 Å². The molecule has 1 fully saturated rings. The largest absolute Gasteiger partial charge is 0.325 e. The number of nitrogens with one attached hydrogen (secondary N) is 1. The van der Waals surface area contributed by atoms with E-state index >= 15 is 0 Å². The highest BCUT2D eigenvalue weighted by Crippen LogP contribution is 2.38. The zero-order valence-corrected chi connectivity index (χ0v) is 19.5. The number of anilines is 1. The highest BCUT2D eigenvalue weighted by Gasteiger charge is 2.36. The number of hydrogen-bond acceptors (Lipinski definition) is 5. The molecule has 1 N–H and O–H groups in total. The number of likely N-dealkylation sites (tertiary alicyclic amines) is 1. The Morgan fingerprint density at radius 1 is 0.971 bits per heavy atom. The van der Waals surface area contributed by atoms with Crippen LogP contribution in [0.5, 0.6) is 0 Å². The summed E-state index contributed by atoms with van der Waals surface area (Å²) in [7, 11) is 0. The summed E-state index contributed by atoms with van der Waals surface area (Å²) in [5.74, 6) is -0.968. The van der Waals surface area contributed by atoms with Gasteiger partial charge in [0.05, 0.1) is 16.3 Å². The Labute approximate surface area is 204 Å². The number of carbonyl (C=O) groups is 1. The van der Waals surface area contributed by atoms with Crippen molar-refractivity contribution in [2.75, 3.05) is 18.4 Å². The molecule has 178 valence electrons. The third-order valence-electron chi connectivity index (χ3n) is 6.71. The number of benzene rings is 3. The molecular weight excluding hydrogens is 440 g/mol. The first-order chi connectivity index (χ1) is 17.1. The molecule has 2 heterocycles. The van der Waals surface area contributed by atoms with Crippen LogP contribution in [0.3, 0.4) is 0 Å². The lowest BCUT2D eigenvalue weighted by Crippen LogP contribution is -2.23. The summed E-state index contributed by atoms with van der Waals surface area (Å²) in [4.78, 5) is 31.4. The number of fused-ring (bicyclic) bond motifs is 1. The van der Waals surface area contributed by atoms with E-state index in [4.69, 9.17) is 4.99 Å². The quantitative estimate of drug-likeness (QED) is 0.280. The second kappa shape index (κ2) is 10.2. The normalized spacial score (nSPS) is 18.6. The van der Waals surface area contributed by atoms with Gasteiger partial charge in [0.25, 0.3) is 5.69 Å². The van der Waals surface area contributed by atoms with Crippen LogP contribution < -0.4 is 5.32 Å². The molecule has 0 spiro atoms. The number of hydrogen-bond donors (Lipinski definition) is 1. The number of nitro benzene ring substituents is 1. The first kappa shape index (κ1) is 22.9. The van der Waals surface area contributed by atoms with Crippen LogP contribution in [-0.2, 0) is 11.3 Å². The van der Waals surface area contributed by atoms with Crippen LogP contribution in [0.4, 0.5) is 17.1 Å². The fourth-order valence-electron chi connectivity index (χ4n) is 4.91. The minimum Gasteiger partial charge on any atom is -0.325 e. The van der Waals surface area contributed by atoms with E-state index in [9.17, 15) is 14.9 Å². The zero-order valence-electron chi connectivity index (χ0n) is 19.5. The number of amides is 1. The summed E-state index contributed by atoms with van der Waals surface area (Å²) < 4.78 is 0. The van der Waals surface area contributed by atoms with Crippen molar-refractivity contribution in [2.24, 2.45) is 4.99 Å². The average Bonchev–Trinajstić information content (AvgIpc) is 3.01. The van der Waals surface area contributed by atoms with E-state index < -0.39 is 10.8 Å². The number of nitrogens with zero attached hydrogens (tertiary/aromatic N) is 3. The van der Waals surface area contributed by atoms with Crippen molar-refractivity contribution in [2.45, 2.75) is 38.1 Å². The summed E-state index contributed by atoms with van der Waals surface area (Å²) in [5, 5.41) is 14.2. The van der Waals surface area contributed by atoms with E-state index in [0.717, 1.165) is 30.9 Å². The molecule has 3 aromatic carbocycles. The summed E-state index contributed by atoms with van der Waals surface area (Å²) in [6.45, 7) is 3.21. The Balaban J connectivity index is 1.48. The molecule has 0 aromatic heterocycles. The molecule has 1 saturated heterocycles. The van der Waals surface area contributed by atoms with Gasteiger partial charge in [-0.3, -0.25) is 24.8 Å². The first-order valence-electron chi connectivity index (χ1n) is 12.1. The predicted octanol–water partition coefficient (Wildman–Crippen LogP) is 5.83. The van der Waals surface area contributed by atoms with Gasteiger partial charge in [0.15, 0.2) is 0 Å². The van der Waals surface area contributed by atoms with Crippen LogP contribution in [0, 0.1) is 10.1 Å². The van der Waals surface area contributed by atoms with E-state index in [-0.39, 0.29) is 11.6 Å². The monoisotopic (exact) mass is 468 g/mol. The standard InChI is InChI=1S/C28H28N4O3/c33-28-26(24-18-23(32(34)35)14-15-25(24)30-28)27(21-8-4-3-5-9-21)29-22-12-10-20(11-13-22)19-31-16-6-1-2-7-17-31/h3-5,8-15,18,26H,1-2,6-7,16-17,19H2,(H,30,33). The Kier molecular flexibility index (Phi) is 6.68. The fourth-order valence-corrected chi connectivity index (χ4v) is 4.91. The Hall–Kier alpha value is -3.84. The van der Waals surface area contributed by atoms with Gasteiger partial charge < -0.3 is 5.32 Å². The molecule has 0 aliphatic carbocycles. The van der Waals surface area contributed by atoms with Crippen molar-refractivity contribution < 1.29 is 9.72 Å². The van der Waals surface area contributed by atoms with Crippen molar-refractivity contribution in [3.8, 4) is 0 Å². The van der Waals surface area contributed by atoms with Gasteiger partial charge in [-0.15, -0.1) is 0 Å². The van der Waals surface area contributed by atoms with Gasteiger partial charge in [-0.05, 0) is 55.3 Å². The van der Waals surface area contributed by atoms with Crippen molar-refractivity contribution >= 4 is 28.7 Å². The number of aliphatic imine (C=N–C) groups is 1. The Morgan fingerprint density at radius 2 is 1.69 bits per heavy atom. The van der Waals surface area contributed by atoms with Gasteiger partial charge in [-0.2, -0.15) is 0 Å². The molecule has 7 nitrogen and oxygen atoms in total. The van der Waals surface area contributed by atoms with Gasteiger partial charge >= 0.3 is 0 Å². The lowest BCUT2D eigenvalue weighted by Gasteiger charge is -2.19. The van der Waals surface area contributed by atoms with Crippen LogP contribution in [-0.4, -0.2) is 34.5 Å². The summed E-state index contributed by atoms with van der Waals surface area (Å²) >= 11 is 0. The third kappa shape index (κ3) is 5.15. The van der Waals surface area contributed by atoms with Crippen molar-refractivity contribution in [3.05, 3.63) is 99.6 Å². The third-order valence-corrected chi connectivity index (χ3v) is 6.71. The second-order valence-corrected chi connectivity index (χ2v) is 9.17. The lowest BCUT2D eigenvalue weighted by molar-refractivity contribution is -0.384. The number of non-ortho nitro benzene ring substituents is 1. The molecule has 0 radical (unpaired) electrons. The van der Waals surface area contributed by atoms with E-state index in [1.807, 2.05) is 42.5 Å². The Bertz CT molecular complexity index is 1250. The Morgan fingerprint density at radius 3 is 2.37 bits per heavy atom. The molecule has 7 heteroatoms. The maximum absolute atomic E-state index is 13.1. The summed E-state index contributed by atoms with van der Waals surface area (Å²) in [6.07, 6.45) is 5.14. The minimum atomic E-state index is -0.732. The molecule has 1 unspecified atom stereocenters. The number of nitro groups is 1. The highest BCUT2D eigenvalue weighted by molar-refractivity contribution is 6.24. The van der Waals surface area contributed by atoms with Gasteiger partial charge in [0.2, 0.25) is 5.91 Å². The molecule has 1 atom stereocenters. The van der Waals surface area contributed by atoms with E-state index in [1.54, 1.807) is 6.07 Å². The first-order valence-corrected chi connectivity index (χ1v) is 12.1. The van der Waals surface area contributed by atoms with Crippen LogP contribution in [0.2, 0.25) is 0 Å². The maximum Gasteiger partial charge on any atom is 0.269 e. The highest BCUT2D eigenvalue weighted by atomic mass is 16.6. The van der Waals surface area contributed by atoms with Crippen molar-refractivity contribution in [1.82, 2.24) is 4.90 Å². The predicted molar refractivity (Wildman–Crippen MR) is 137 cm³/mol. The molecule has 35 heavy (non-hydrogen) atoms. The lowest BCUT2D eigenvalue weighted by atomic mass is 9.90. The van der Waals surface area contributed by atoms with Gasteiger partial charge in [0.1, 0.15) is 5.92 Å². The van der Waals surface area contributed by atoms with Crippen LogP contribution in [0.1, 0.15) is 48.3 Å². The minimum absolute atomic E-state index is 0.0458. The molecule has 3 aromatic rings. The second-order valence-electron chi connectivity index (χ2n) is 9.17. The van der Waals surface area contributed by atoms with Crippen molar-refractivity contribution in [1.29, 1.82) is 0 Å². The van der Waals surface area contributed by atoms with Crippen LogP contribution in [0.15, 0.2) is 77.8 Å². The molecular formula is C28H28N4O3. The van der Waals surface area contributed by atoms with Crippen LogP contribution in [0.25, 0.3) is 0 Å². The number of carbonyl (C=O) groups excluding carboxylic acids is 1. The topological polar surface area (TPSA) is 87.8 Å². The SMILES string of the molecule is O=C1Nc2ccc([N+](=O)[O-])cc2C1C(=Nc1ccc(CN2CCCCCC2)cc1)c1ccccc1. The van der Waals surface area contributed by atoms with E-state index in [1.165, 1.54) is 43.4 Å². The molecule has 2 aliphatic heterocycles. The number of rotatable bonds is 6. The van der Waals surface area contributed by atoms with Crippen LogP contribution >= 0.6 is 0 Å². The van der Waals surface area contributed by atoms with Gasteiger partial charge in [0, 0.05) is 29.9 Å². The fraction of sp³-hybridized carbons (Fsp3) is 0.286. The van der Waals surface area contributed by atoms with Gasteiger partial charge in [-0.1, -0.05) is 55.3 Å². The molecule has 5 rings (SSSR count). The zero-order chi connectivity index (χ0) is 24.2. The maximum atomic E-state index is 13.1. The average molecular weight is 469 g/mol.